The summed E-state index contributed by atoms with van der Waals surface area (Å²) in [5.74, 6) is -1.30. The molecule has 0 saturated carbocycles. The Balaban J connectivity index is 2.53. The number of nitrogen functional groups attached to an aromatic ring is 1. The van der Waals surface area contributed by atoms with Gasteiger partial charge in [0.1, 0.15) is 0 Å². The summed E-state index contributed by atoms with van der Waals surface area (Å²) < 4.78 is 31.7. The van der Waals surface area contributed by atoms with Gasteiger partial charge in [0.05, 0.1) is 23.7 Å². The van der Waals surface area contributed by atoms with Crippen molar-refractivity contribution in [2.24, 2.45) is 0 Å². The Labute approximate surface area is 117 Å². The number of hydrogen-bond donors (Lipinski definition) is 2. The number of morpholine rings is 1. The summed E-state index contributed by atoms with van der Waals surface area (Å²) in [6.45, 7) is 2.47. The number of ether oxygens (including phenoxy) is 1. The summed E-state index contributed by atoms with van der Waals surface area (Å²) in [6, 6.07) is 3.40. The summed E-state index contributed by atoms with van der Waals surface area (Å²) in [5.41, 5.74) is 5.51. The van der Waals surface area contributed by atoms with Crippen molar-refractivity contribution in [3.8, 4) is 0 Å². The number of hydrogen-bond acceptors (Lipinski definition) is 5. The van der Waals surface area contributed by atoms with Crippen LogP contribution in [-0.4, -0.2) is 49.6 Å². The number of nitrogens with two attached hydrogens (primary N) is 1. The van der Waals surface area contributed by atoms with E-state index in [9.17, 15) is 13.2 Å². The van der Waals surface area contributed by atoms with Crippen LogP contribution in [0, 0.1) is 0 Å². The first kappa shape index (κ1) is 14.8. The third-order valence-electron chi connectivity index (χ3n) is 3.13. The van der Waals surface area contributed by atoms with Gasteiger partial charge < -0.3 is 15.6 Å². The van der Waals surface area contributed by atoms with Gasteiger partial charge in [0.25, 0.3) is 0 Å². The zero-order valence-electron chi connectivity index (χ0n) is 10.9. The maximum atomic E-state index is 12.6. The van der Waals surface area contributed by atoms with Gasteiger partial charge in [-0.2, -0.15) is 4.31 Å². The lowest BCUT2D eigenvalue weighted by atomic mass is 10.2. The van der Waals surface area contributed by atoms with Crippen LogP contribution in [-0.2, 0) is 14.8 Å². The first-order valence-corrected chi connectivity index (χ1v) is 7.50. The lowest BCUT2D eigenvalue weighted by Gasteiger charge is -2.32. The molecule has 0 amide bonds. The molecule has 3 N–H and O–H groups in total. The minimum Gasteiger partial charge on any atom is -0.478 e. The van der Waals surface area contributed by atoms with E-state index in [1.807, 2.05) is 0 Å². The number of carboxylic acids is 1. The van der Waals surface area contributed by atoms with E-state index >= 15 is 0 Å². The van der Waals surface area contributed by atoms with Gasteiger partial charge in [-0.25, -0.2) is 13.2 Å². The summed E-state index contributed by atoms with van der Waals surface area (Å²) in [5, 5.41) is 9.14. The molecule has 0 aliphatic carbocycles. The Morgan fingerprint density at radius 1 is 1.50 bits per heavy atom. The molecular weight excluding hydrogens is 284 g/mol. The van der Waals surface area contributed by atoms with E-state index in [0.717, 1.165) is 0 Å². The molecule has 0 aromatic heterocycles. The minimum absolute atomic E-state index is 0.192. The van der Waals surface area contributed by atoms with E-state index in [1.165, 1.54) is 22.5 Å². The van der Waals surface area contributed by atoms with Crippen LogP contribution < -0.4 is 5.73 Å². The average molecular weight is 300 g/mol. The van der Waals surface area contributed by atoms with Crippen LogP contribution in [0.3, 0.4) is 0 Å². The van der Waals surface area contributed by atoms with Crippen molar-refractivity contribution < 1.29 is 23.1 Å². The monoisotopic (exact) mass is 300 g/mol. The first-order chi connectivity index (χ1) is 9.34. The third kappa shape index (κ3) is 2.62. The Kier molecular flexibility index (Phi) is 3.98. The van der Waals surface area contributed by atoms with E-state index in [2.05, 4.69) is 0 Å². The van der Waals surface area contributed by atoms with Crippen LogP contribution in [0.1, 0.15) is 17.3 Å². The molecule has 20 heavy (non-hydrogen) atoms. The van der Waals surface area contributed by atoms with E-state index in [4.69, 9.17) is 15.6 Å². The lowest BCUT2D eigenvalue weighted by molar-refractivity contribution is 0.0392. The Bertz CT molecular complexity index is 629. The fourth-order valence-corrected chi connectivity index (χ4v) is 3.94. The molecule has 0 unspecified atom stereocenters. The Morgan fingerprint density at radius 3 is 2.80 bits per heavy atom. The summed E-state index contributed by atoms with van der Waals surface area (Å²) >= 11 is 0. The Hall–Kier alpha value is -1.64. The predicted molar refractivity (Wildman–Crippen MR) is 72.0 cm³/mol. The molecule has 0 spiro atoms. The molecule has 1 aliphatic heterocycles. The number of anilines is 1. The number of benzene rings is 1. The normalized spacial score (nSPS) is 20.8. The van der Waals surface area contributed by atoms with Crippen LogP contribution in [0.2, 0.25) is 0 Å². The molecule has 1 atom stereocenters. The molecule has 1 aliphatic rings. The maximum Gasteiger partial charge on any atom is 0.337 e. The zero-order valence-corrected chi connectivity index (χ0v) is 11.8. The highest BCUT2D eigenvalue weighted by Crippen LogP contribution is 2.25. The smallest absolute Gasteiger partial charge is 0.337 e. The first-order valence-electron chi connectivity index (χ1n) is 6.06. The number of carboxylic acid groups (broad SMARTS) is 1. The second-order valence-corrected chi connectivity index (χ2v) is 6.46. The molecule has 1 aromatic rings. The second-order valence-electron chi connectivity index (χ2n) is 4.60. The van der Waals surface area contributed by atoms with Gasteiger partial charge in [-0.05, 0) is 25.1 Å². The molecule has 0 radical (unpaired) electrons. The molecule has 8 heteroatoms. The average Bonchev–Trinajstić information content (AvgIpc) is 2.38. The summed E-state index contributed by atoms with van der Waals surface area (Å²) in [7, 11) is -3.92. The van der Waals surface area contributed by atoms with Gasteiger partial charge in [-0.3, -0.25) is 0 Å². The minimum atomic E-state index is -3.92. The summed E-state index contributed by atoms with van der Waals surface area (Å²) in [4.78, 5) is 10.9. The van der Waals surface area contributed by atoms with E-state index in [-0.39, 0.29) is 41.9 Å². The standard InChI is InChI=1S/C12H16N2O5S/c1-8-7-19-5-4-14(8)20(17,18)11-6-9(13)2-3-10(11)12(15)16/h2-3,6,8H,4-5,7,13H2,1H3,(H,15,16)/t8-/m1/s1. The van der Waals surface area contributed by atoms with Crippen LogP contribution in [0.25, 0.3) is 0 Å². The number of aromatic carboxylic acids is 1. The third-order valence-corrected chi connectivity index (χ3v) is 5.18. The molecule has 1 fully saturated rings. The van der Waals surface area contributed by atoms with Gasteiger partial charge in [0, 0.05) is 18.3 Å². The number of rotatable bonds is 3. The molecule has 1 saturated heterocycles. The molecule has 0 bridgehead atoms. The fourth-order valence-electron chi connectivity index (χ4n) is 2.12. The van der Waals surface area contributed by atoms with Gasteiger partial charge in [-0.1, -0.05) is 0 Å². The highest BCUT2D eigenvalue weighted by Gasteiger charge is 2.34. The quantitative estimate of drug-likeness (QED) is 0.781. The van der Waals surface area contributed by atoms with Gasteiger partial charge in [0.15, 0.2) is 0 Å². The van der Waals surface area contributed by atoms with Crippen molar-refractivity contribution in [1.82, 2.24) is 4.31 Å². The van der Waals surface area contributed by atoms with Gasteiger partial charge in [-0.15, -0.1) is 0 Å². The van der Waals surface area contributed by atoms with Crippen molar-refractivity contribution in [2.45, 2.75) is 17.9 Å². The van der Waals surface area contributed by atoms with Gasteiger partial charge in [0.2, 0.25) is 10.0 Å². The topological polar surface area (TPSA) is 110 Å². The van der Waals surface area contributed by atoms with E-state index in [0.29, 0.717) is 0 Å². The largest absolute Gasteiger partial charge is 0.478 e. The highest BCUT2D eigenvalue weighted by atomic mass is 32.2. The molecule has 1 heterocycles. The van der Waals surface area contributed by atoms with E-state index < -0.39 is 16.0 Å². The van der Waals surface area contributed by atoms with Crippen LogP contribution >= 0.6 is 0 Å². The fraction of sp³-hybridized carbons (Fsp3) is 0.417. The molecular formula is C12H16N2O5S. The SMILES string of the molecule is C[C@@H]1COCCN1S(=O)(=O)c1cc(N)ccc1C(=O)O. The number of carbonyl (C=O) groups is 1. The number of sulfonamides is 1. The molecule has 7 nitrogen and oxygen atoms in total. The Morgan fingerprint density at radius 2 is 2.20 bits per heavy atom. The van der Waals surface area contributed by atoms with Crippen molar-refractivity contribution in [2.75, 3.05) is 25.5 Å². The van der Waals surface area contributed by atoms with Crippen LogP contribution in [0.4, 0.5) is 5.69 Å². The number of nitrogens with zero attached hydrogens (tertiary/aromatic N) is 1. The lowest BCUT2D eigenvalue weighted by Crippen LogP contribution is -2.47. The summed E-state index contributed by atoms with van der Waals surface area (Å²) in [6.07, 6.45) is 0. The molecule has 1 aromatic carbocycles. The second kappa shape index (κ2) is 5.39. The molecule has 2 rings (SSSR count). The highest BCUT2D eigenvalue weighted by molar-refractivity contribution is 7.89. The van der Waals surface area contributed by atoms with Crippen molar-refractivity contribution in [3.63, 3.8) is 0 Å². The van der Waals surface area contributed by atoms with Crippen molar-refractivity contribution in [1.29, 1.82) is 0 Å². The molecule has 110 valence electrons. The zero-order chi connectivity index (χ0) is 14.9. The van der Waals surface area contributed by atoms with Crippen molar-refractivity contribution in [3.05, 3.63) is 23.8 Å². The maximum absolute atomic E-state index is 12.6. The van der Waals surface area contributed by atoms with Crippen LogP contribution in [0.15, 0.2) is 23.1 Å². The van der Waals surface area contributed by atoms with Gasteiger partial charge >= 0.3 is 5.97 Å². The van der Waals surface area contributed by atoms with E-state index in [1.54, 1.807) is 6.92 Å². The predicted octanol–water partition coefficient (Wildman–Crippen LogP) is 0.376. The van der Waals surface area contributed by atoms with Crippen LogP contribution in [0.5, 0.6) is 0 Å². The van der Waals surface area contributed by atoms with Crippen molar-refractivity contribution >= 4 is 21.7 Å².